The lowest BCUT2D eigenvalue weighted by Crippen LogP contribution is -2.00. The summed E-state index contributed by atoms with van der Waals surface area (Å²) >= 11 is 1.64. The Morgan fingerprint density at radius 1 is 0.967 bits per heavy atom. The molecule has 4 rings (SSSR count). The van der Waals surface area contributed by atoms with Gasteiger partial charge in [-0.25, -0.2) is 0 Å². The van der Waals surface area contributed by atoms with Crippen molar-refractivity contribution < 1.29 is 4.74 Å². The van der Waals surface area contributed by atoms with E-state index in [-0.39, 0.29) is 0 Å². The van der Waals surface area contributed by atoms with Gasteiger partial charge in [0.15, 0.2) is 11.0 Å². The number of rotatable bonds is 8. The van der Waals surface area contributed by atoms with Crippen molar-refractivity contribution in [3.63, 3.8) is 0 Å². The summed E-state index contributed by atoms with van der Waals surface area (Å²) < 4.78 is 7.64. The zero-order valence-electron chi connectivity index (χ0n) is 16.7. The highest BCUT2D eigenvalue weighted by Crippen LogP contribution is 2.28. The number of pyridine rings is 1. The van der Waals surface area contributed by atoms with Crippen LogP contribution in [-0.4, -0.2) is 32.1 Å². The summed E-state index contributed by atoms with van der Waals surface area (Å²) in [5.74, 6) is 2.40. The largest absolute Gasteiger partial charge is 0.494 e. The maximum Gasteiger partial charge on any atom is 0.196 e. The Labute approximate surface area is 180 Å². The molecule has 0 saturated heterocycles. The van der Waals surface area contributed by atoms with E-state index in [1.165, 1.54) is 5.56 Å². The Morgan fingerprint density at radius 3 is 2.53 bits per heavy atom. The first-order valence-corrected chi connectivity index (χ1v) is 10.8. The van der Waals surface area contributed by atoms with Crippen molar-refractivity contribution in [1.82, 2.24) is 19.7 Å². The Hall–Kier alpha value is -3.38. The third-order valence-corrected chi connectivity index (χ3v) is 5.26. The molecule has 4 aromatic rings. The molecule has 2 aromatic heterocycles. The quantitative estimate of drug-likeness (QED) is 0.355. The second-order valence-electron chi connectivity index (χ2n) is 6.43. The minimum atomic E-state index is 0.641. The number of hydrogen-bond donors (Lipinski definition) is 0. The predicted molar refractivity (Wildman–Crippen MR) is 122 cm³/mol. The van der Waals surface area contributed by atoms with Gasteiger partial charge >= 0.3 is 0 Å². The maximum absolute atomic E-state index is 5.58. The van der Waals surface area contributed by atoms with Crippen LogP contribution >= 0.6 is 11.8 Å². The zero-order valence-corrected chi connectivity index (χ0v) is 17.5. The maximum atomic E-state index is 5.58. The van der Waals surface area contributed by atoms with Crippen LogP contribution in [0, 0.1) is 0 Å². The average molecular weight is 415 g/mol. The third-order valence-electron chi connectivity index (χ3n) is 4.38. The second-order valence-corrected chi connectivity index (χ2v) is 7.42. The number of benzene rings is 2. The Balaban J connectivity index is 1.61. The van der Waals surface area contributed by atoms with Crippen LogP contribution in [0.3, 0.4) is 0 Å². The molecule has 0 aliphatic carbocycles. The van der Waals surface area contributed by atoms with Gasteiger partial charge in [0, 0.05) is 29.4 Å². The van der Waals surface area contributed by atoms with Crippen molar-refractivity contribution in [2.24, 2.45) is 0 Å². The monoisotopic (exact) mass is 414 g/mol. The molecule has 0 aliphatic rings. The van der Waals surface area contributed by atoms with Gasteiger partial charge in [-0.1, -0.05) is 54.2 Å². The first-order chi connectivity index (χ1) is 14.8. The summed E-state index contributed by atoms with van der Waals surface area (Å²) in [6.45, 7) is 2.62. The molecule has 0 spiro atoms. The summed E-state index contributed by atoms with van der Waals surface area (Å²) in [5, 5.41) is 9.74. The number of aromatic nitrogens is 4. The predicted octanol–water partition coefficient (Wildman–Crippen LogP) is 5.53. The second kappa shape index (κ2) is 9.89. The fraction of sp³-hybridized carbons (Fsp3) is 0.125. The number of ether oxygens (including phenoxy) is 1. The van der Waals surface area contributed by atoms with Crippen LogP contribution in [0.5, 0.6) is 5.75 Å². The summed E-state index contributed by atoms with van der Waals surface area (Å²) in [4.78, 5) is 4.23. The van der Waals surface area contributed by atoms with Crippen molar-refractivity contribution in [2.75, 3.05) is 12.4 Å². The van der Waals surface area contributed by atoms with E-state index < -0.39 is 0 Å². The fourth-order valence-corrected chi connectivity index (χ4v) is 3.77. The standard InChI is InChI=1S/C24H22N4OS/c1-2-29-22-14-12-21(13-15-22)28-23(20-11-6-16-25-18-20)26-27-24(28)30-17-7-10-19-8-4-3-5-9-19/h3-16,18H,2,17H2,1H3. The molecule has 0 fully saturated rings. The Morgan fingerprint density at radius 2 is 1.80 bits per heavy atom. The lowest BCUT2D eigenvalue weighted by molar-refractivity contribution is 0.340. The van der Waals surface area contributed by atoms with Gasteiger partial charge in [0.1, 0.15) is 5.75 Å². The summed E-state index contributed by atoms with van der Waals surface area (Å²) in [6.07, 6.45) is 7.82. The molecule has 0 amide bonds. The van der Waals surface area contributed by atoms with Gasteiger partial charge in [-0.15, -0.1) is 10.2 Å². The van der Waals surface area contributed by atoms with Gasteiger partial charge in [-0.05, 0) is 48.9 Å². The minimum Gasteiger partial charge on any atom is -0.494 e. The molecule has 2 heterocycles. The molecule has 0 unspecified atom stereocenters. The SMILES string of the molecule is CCOc1ccc(-n2c(SCC=Cc3ccccc3)nnc2-c2cccnc2)cc1. The smallest absolute Gasteiger partial charge is 0.196 e. The van der Waals surface area contributed by atoms with E-state index in [4.69, 9.17) is 4.74 Å². The van der Waals surface area contributed by atoms with E-state index in [0.717, 1.165) is 33.7 Å². The molecule has 2 aromatic carbocycles. The normalized spacial score (nSPS) is 11.1. The molecular formula is C24H22N4OS. The van der Waals surface area contributed by atoms with Crippen molar-refractivity contribution in [3.05, 3.63) is 90.8 Å². The lowest BCUT2D eigenvalue weighted by Gasteiger charge is -2.11. The van der Waals surface area contributed by atoms with Gasteiger partial charge < -0.3 is 4.74 Å². The lowest BCUT2D eigenvalue weighted by atomic mass is 10.2. The van der Waals surface area contributed by atoms with Gasteiger partial charge in [0.2, 0.25) is 0 Å². The van der Waals surface area contributed by atoms with E-state index in [1.807, 2.05) is 61.5 Å². The highest BCUT2D eigenvalue weighted by molar-refractivity contribution is 7.99. The van der Waals surface area contributed by atoms with Crippen LogP contribution in [0.25, 0.3) is 23.2 Å². The van der Waals surface area contributed by atoms with E-state index in [9.17, 15) is 0 Å². The minimum absolute atomic E-state index is 0.641. The molecule has 0 aliphatic heterocycles. The molecule has 0 N–H and O–H groups in total. The van der Waals surface area contributed by atoms with E-state index in [1.54, 1.807) is 24.2 Å². The van der Waals surface area contributed by atoms with E-state index in [0.29, 0.717) is 6.61 Å². The number of thioether (sulfide) groups is 1. The van der Waals surface area contributed by atoms with Crippen LogP contribution < -0.4 is 4.74 Å². The summed E-state index contributed by atoms with van der Waals surface area (Å²) in [5.41, 5.74) is 3.09. The molecule has 0 bridgehead atoms. The van der Waals surface area contributed by atoms with Crippen LogP contribution in [-0.2, 0) is 0 Å². The highest BCUT2D eigenvalue weighted by Gasteiger charge is 2.16. The zero-order chi connectivity index (χ0) is 20.6. The molecule has 0 atom stereocenters. The van der Waals surface area contributed by atoms with Gasteiger partial charge in [-0.3, -0.25) is 9.55 Å². The van der Waals surface area contributed by atoms with Crippen LogP contribution in [0.4, 0.5) is 0 Å². The Kier molecular flexibility index (Phi) is 6.57. The molecule has 6 heteroatoms. The topological polar surface area (TPSA) is 52.8 Å². The van der Waals surface area contributed by atoms with E-state index >= 15 is 0 Å². The Bertz CT molecular complexity index is 1090. The van der Waals surface area contributed by atoms with Crippen molar-refractivity contribution in [3.8, 4) is 22.8 Å². The summed E-state index contributed by atoms with van der Waals surface area (Å²) in [7, 11) is 0. The molecule has 150 valence electrons. The van der Waals surface area contributed by atoms with Crippen molar-refractivity contribution >= 4 is 17.8 Å². The number of hydrogen-bond acceptors (Lipinski definition) is 5. The van der Waals surface area contributed by atoms with E-state index in [2.05, 4.69) is 44.0 Å². The van der Waals surface area contributed by atoms with Crippen LogP contribution in [0.2, 0.25) is 0 Å². The van der Waals surface area contributed by atoms with Gasteiger partial charge in [0.05, 0.1) is 6.61 Å². The molecule has 30 heavy (non-hydrogen) atoms. The number of nitrogens with zero attached hydrogens (tertiary/aromatic N) is 4. The fourth-order valence-electron chi connectivity index (χ4n) is 3.01. The van der Waals surface area contributed by atoms with Crippen LogP contribution in [0.15, 0.2) is 90.4 Å². The molecule has 0 radical (unpaired) electrons. The molecular weight excluding hydrogens is 392 g/mol. The van der Waals surface area contributed by atoms with Crippen LogP contribution in [0.1, 0.15) is 12.5 Å². The first kappa shape index (κ1) is 19.9. The van der Waals surface area contributed by atoms with Crippen molar-refractivity contribution in [2.45, 2.75) is 12.1 Å². The molecule has 5 nitrogen and oxygen atoms in total. The first-order valence-electron chi connectivity index (χ1n) is 9.78. The van der Waals surface area contributed by atoms with Gasteiger partial charge in [0.25, 0.3) is 0 Å². The van der Waals surface area contributed by atoms with Gasteiger partial charge in [-0.2, -0.15) is 0 Å². The average Bonchev–Trinajstić information content (AvgIpc) is 3.23. The third kappa shape index (κ3) is 4.78. The molecule has 0 saturated carbocycles. The van der Waals surface area contributed by atoms with Crippen molar-refractivity contribution in [1.29, 1.82) is 0 Å². The highest BCUT2D eigenvalue weighted by atomic mass is 32.2. The summed E-state index contributed by atoms with van der Waals surface area (Å²) in [6, 6.07) is 22.2.